The molecule has 0 heterocycles. The van der Waals surface area contributed by atoms with Crippen LogP contribution in [0.1, 0.15) is 25.8 Å². The molecule has 0 unspecified atom stereocenters. The summed E-state index contributed by atoms with van der Waals surface area (Å²) in [5.74, 6) is 0.839. The fourth-order valence-corrected chi connectivity index (χ4v) is 1.79. The molecule has 0 fully saturated rings. The van der Waals surface area contributed by atoms with Gasteiger partial charge in [0.1, 0.15) is 11.5 Å². The zero-order valence-electron chi connectivity index (χ0n) is 12.5. The molecule has 112 valence electrons. The summed E-state index contributed by atoms with van der Waals surface area (Å²) in [6.07, 6.45) is 0.929. The summed E-state index contributed by atoms with van der Waals surface area (Å²) in [6.45, 7) is 6.24. The SMILES string of the molecule is CCCOc1ccc(CN(CC)CC(=O)NC)c(O)c1. The van der Waals surface area contributed by atoms with Crippen LogP contribution in [0.5, 0.6) is 11.5 Å². The molecular weight excluding hydrogens is 256 g/mol. The van der Waals surface area contributed by atoms with Crippen LogP contribution < -0.4 is 10.1 Å². The molecule has 0 aliphatic rings. The smallest absolute Gasteiger partial charge is 0.233 e. The number of carbonyl (C=O) groups excluding carboxylic acids is 1. The van der Waals surface area contributed by atoms with E-state index in [9.17, 15) is 9.90 Å². The van der Waals surface area contributed by atoms with Crippen molar-refractivity contribution in [1.82, 2.24) is 10.2 Å². The summed E-state index contributed by atoms with van der Waals surface area (Å²) in [6, 6.07) is 5.31. The second-order valence-electron chi connectivity index (χ2n) is 4.62. The molecule has 1 aromatic rings. The Morgan fingerprint density at radius 2 is 2.15 bits per heavy atom. The topological polar surface area (TPSA) is 61.8 Å². The van der Waals surface area contributed by atoms with Crippen LogP contribution in [0, 0.1) is 0 Å². The molecule has 0 spiro atoms. The summed E-state index contributed by atoms with van der Waals surface area (Å²) in [5.41, 5.74) is 0.791. The number of hydrogen-bond acceptors (Lipinski definition) is 4. The molecule has 0 aliphatic carbocycles. The number of rotatable bonds is 8. The van der Waals surface area contributed by atoms with Crippen molar-refractivity contribution < 1.29 is 14.6 Å². The van der Waals surface area contributed by atoms with Crippen LogP contribution in [0.4, 0.5) is 0 Å². The number of hydrogen-bond donors (Lipinski definition) is 2. The molecule has 0 aliphatic heterocycles. The van der Waals surface area contributed by atoms with Gasteiger partial charge in [-0.05, 0) is 19.0 Å². The van der Waals surface area contributed by atoms with Crippen molar-refractivity contribution in [3.8, 4) is 11.5 Å². The van der Waals surface area contributed by atoms with Gasteiger partial charge in [0.05, 0.1) is 13.2 Å². The minimum Gasteiger partial charge on any atom is -0.507 e. The summed E-state index contributed by atoms with van der Waals surface area (Å²) in [5, 5.41) is 12.6. The van der Waals surface area contributed by atoms with Gasteiger partial charge in [-0.1, -0.05) is 19.9 Å². The third-order valence-corrected chi connectivity index (χ3v) is 3.02. The first-order valence-corrected chi connectivity index (χ1v) is 6.98. The highest BCUT2D eigenvalue weighted by atomic mass is 16.5. The Balaban J connectivity index is 2.68. The van der Waals surface area contributed by atoms with E-state index in [0.29, 0.717) is 25.4 Å². The summed E-state index contributed by atoms with van der Waals surface area (Å²) < 4.78 is 5.47. The molecule has 0 bridgehead atoms. The Bertz CT molecular complexity index is 435. The molecular formula is C15H24N2O3. The molecule has 20 heavy (non-hydrogen) atoms. The third-order valence-electron chi connectivity index (χ3n) is 3.02. The third kappa shape index (κ3) is 5.09. The zero-order chi connectivity index (χ0) is 15.0. The maximum absolute atomic E-state index is 11.4. The summed E-state index contributed by atoms with van der Waals surface area (Å²) in [7, 11) is 1.62. The van der Waals surface area contributed by atoms with Gasteiger partial charge >= 0.3 is 0 Å². The number of amides is 1. The lowest BCUT2D eigenvalue weighted by molar-refractivity contribution is -0.121. The zero-order valence-corrected chi connectivity index (χ0v) is 12.5. The van der Waals surface area contributed by atoms with E-state index >= 15 is 0 Å². The van der Waals surface area contributed by atoms with Gasteiger partial charge in [-0.2, -0.15) is 0 Å². The lowest BCUT2D eigenvalue weighted by Gasteiger charge is -2.20. The highest BCUT2D eigenvalue weighted by molar-refractivity contribution is 5.77. The maximum Gasteiger partial charge on any atom is 0.233 e. The molecule has 5 nitrogen and oxygen atoms in total. The normalized spacial score (nSPS) is 10.6. The number of phenolic OH excluding ortho intramolecular Hbond substituents is 1. The van der Waals surface area contributed by atoms with Crippen molar-refractivity contribution in [2.24, 2.45) is 0 Å². The van der Waals surface area contributed by atoms with Crippen molar-refractivity contribution in [2.75, 3.05) is 26.7 Å². The lowest BCUT2D eigenvalue weighted by Crippen LogP contribution is -2.35. The molecule has 1 amide bonds. The van der Waals surface area contributed by atoms with Gasteiger partial charge in [0.15, 0.2) is 0 Å². The van der Waals surface area contributed by atoms with Gasteiger partial charge in [-0.25, -0.2) is 0 Å². The largest absolute Gasteiger partial charge is 0.507 e. The number of carbonyl (C=O) groups is 1. The second-order valence-corrected chi connectivity index (χ2v) is 4.62. The first kappa shape index (κ1) is 16.3. The number of aromatic hydroxyl groups is 1. The minimum atomic E-state index is -0.0331. The van der Waals surface area contributed by atoms with Crippen LogP contribution in [0.3, 0.4) is 0 Å². The van der Waals surface area contributed by atoms with Gasteiger partial charge in [0, 0.05) is 25.2 Å². The molecule has 0 aromatic heterocycles. The highest BCUT2D eigenvalue weighted by Gasteiger charge is 2.11. The van der Waals surface area contributed by atoms with Gasteiger partial charge in [-0.15, -0.1) is 0 Å². The number of benzene rings is 1. The van der Waals surface area contributed by atoms with Crippen LogP contribution in [0.15, 0.2) is 18.2 Å². The van der Waals surface area contributed by atoms with Crippen LogP contribution in [-0.2, 0) is 11.3 Å². The van der Waals surface area contributed by atoms with Crippen molar-refractivity contribution in [2.45, 2.75) is 26.8 Å². The second kappa shape index (κ2) is 8.43. The number of ether oxygens (including phenoxy) is 1. The average molecular weight is 280 g/mol. The van der Waals surface area contributed by atoms with E-state index in [4.69, 9.17) is 4.74 Å². The summed E-state index contributed by atoms with van der Waals surface area (Å²) in [4.78, 5) is 13.4. The van der Waals surface area contributed by atoms with Gasteiger partial charge in [0.25, 0.3) is 0 Å². The van der Waals surface area contributed by atoms with Crippen molar-refractivity contribution >= 4 is 5.91 Å². The fourth-order valence-electron chi connectivity index (χ4n) is 1.79. The molecule has 0 atom stereocenters. The maximum atomic E-state index is 11.4. The molecule has 2 N–H and O–H groups in total. The number of phenols is 1. The first-order chi connectivity index (χ1) is 9.60. The number of likely N-dealkylation sites (N-methyl/N-ethyl adjacent to an activating group) is 2. The Morgan fingerprint density at radius 3 is 2.70 bits per heavy atom. The molecule has 0 saturated carbocycles. The van der Waals surface area contributed by atoms with Crippen molar-refractivity contribution in [3.63, 3.8) is 0 Å². The fraction of sp³-hybridized carbons (Fsp3) is 0.533. The van der Waals surface area contributed by atoms with E-state index < -0.39 is 0 Å². The molecule has 1 rings (SSSR count). The van der Waals surface area contributed by atoms with E-state index in [1.165, 1.54) is 0 Å². The Morgan fingerprint density at radius 1 is 1.40 bits per heavy atom. The Kier molecular flexibility index (Phi) is 6.87. The summed E-state index contributed by atoms with van der Waals surface area (Å²) >= 11 is 0. The van der Waals surface area contributed by atoms with E-state index in [-0.39, 0.29) is 11.7 Å². The van der Waals surface area contributed by atoms with Crippen molar-refractivity contribution in [3.05, 3.63) is 23.8 Å². The number of nitrogens with zero attached hydrogens (tertiary/aromatic N) is 1. The Labute approximate surface area is 120 Å². The number of nitrogens with one attached hydrogen (secondary N) is 1. The van der Waals surface area contributed by atoms with Crippen molar-refractivity contribution in [1.29, 1.82) is 0 Å². The predicted octanol–water partition coefficient (Wildman–Crippen LogP) is 1.75. The molecule has 5 heteroatoms. The van der Waals surface area contributed by atoms with Crippen LogP contribution in [-0.4, -0.2) is 42.7 Å². The van der Waals surface area contributed by atoms with Crippen LogP contribution in [0.25, 0.3) is 0 Å². The van der Waals surface area contributed by atoms with Gasteiger partial charge in [-0.3, -0.25) is 9.69 Å². The van der Waals surface area contributed by atoms with Gasteiger partial charge < -0.3 is 15.2 Å². The predicted molar refractivity (Wildman–Crippen MR) is 78.9 cm³/mol. The van der Waals surface area contributed by atoms with Crippen LogP contribution in [0.2, 0.25) is 0 Å². The standard InChI is InChI=1S/C15H24N2O3/c1-4-8-20-13-7-6-12(14(18)9-13)10-17(5-2)11-15(19)16-3/h6-7,9,18H,4-5,8,10-11H2,1-3H3,(H,16,19). The highest BCUT2D eigenvalue weighted by Crippen LogP contribution is 2.24. The molecule has 0 saturated heterocycles. The Hall–Kier alpha value is -1.75. The average Bonchev–Trinajstić information content (AvgIpc) is 2.46. The van der Waals surface area contributed by atoms with E-state index in [2.05, 4.69) is 5.32 Å². The van der Waals surface area contributed by atoms with Gasteiger partial charge in [0.2, 0.25) is 5.91 Å². The van der Waals surface area contributed by atoms with E-state index in [0.717, 1.165) is 18.5 Å². The minimum absolute atomic E-state index is 0.0331. The lowest BCUT2D eigenvalue weighted by atomic mass is 10.1. The molecule has 0 radical (unpaired) electrons. The molecule has 1 aromatic carbocycles. The van der Waals surface area contributed by atoms with E-state index in [1.54, 1.807) is 13.1 Å². The first-order valence-electron chi connectivity index (χ1n) is 6.98. The quantitative estimate of drug-likeness (QED) is 0.761. The monoisotopic (exact) mass is 280 g/mol. The van der Waals surface area contributed by atoms with E-state index in [1.807, 2.05) is 30.9 Å². The van der Waals surface area contributed by atoms with Crippen LogP contribution >= 0.6 is 0 Å².